The van der Waals surface area contributed by atoms with Crippen LogP contribution in [0.5, 0.6) is 0 Å². The van der Waals surface area contributed by atoms with E-state index in [1.807, 2.05) is 12.1 Å². The second-order valence-electron chi connectivity index (χ2n) is 5.85. The van der Waals surface area contributed by atoms with Crippen molar-refractivity contribution in [2.24, 2.45) is 11.7 Å². The van der Waals surface area contributed by atoms with Crippen LogP contribution >= 0.6 is 0 Å². The van der Waals surface area contributed by atoms with Crippen molar-refractivity contribution in [3.8, 4) is 11.5 Å². The van der Waals surface area contributed by atoms with E-state index in [1.165, 1.54) is 5.56 Å². The fourth-order valence-corrected chi connectivity index (χ4v) is 2.66. The Hall–Kier alpha value is -1.65. The summed E-state index contributed by atoms with van der Waals surface area (Å²) in [6, 6.07) is 8.50. The molecule has 4 nitrogen and oxygen atoms in total. The van der Waals surface area contributed by atoms with Crippen molar-refractivity contribution in [1.29, 1.82) is 0 Å². The number of oxazole rings is 1. The SMILES string of the molecule is Cc1ccc(-c2nc(CN3CC(C)C(N)C3)co2)cc1. The van der Waals surface area contributed by atoms with E-state index < -0.39 is 0 Å². The van der Waals surface area contributed by atoms with Gasteiger partial charge in [0, 0.05) is 31.2 Å². The molecule has 2 N–H and O–H groups in total. The molecule has 1 aromatic carbocycles. The number of hydrogen-bond donors (Lipinski definition) is 1. The summed E-state index contributed by atoms with van der Waals surface area (Å²) < 4.78 is 5.59. The van der Waals surface area contributed by atoms with Crippen molar-refractivity contribution in [2.75, 3.05) is 13.1 Å². The highest BCUT2D eigenvalue weighted by atomic mass is 16.3. The van der Waals surface area contributed by atoms with Gasteiger partial charge in [-0.05, 0) is 25.0 Å². The fourth-order valence-electron chi connectivity index (χ4n) is 2.66. The van der Waals surface area contributed by atoms with Gasteiger partial charge in [0.1, 0.15) is 6.26 Å². The number of hydrogen-bond acceptors (Lipinski definition) is 4. The zero-order valence-electron chi connectivity index (χ0n) is 12.0. The van der Waals surface area contributed by atoms with Crippen LogP contribution < -0.4 is 5.73 Å². The molecule has 20 heavy (non-hydrogen) atoms. The minimum Gasteiger partial charge on any atom is -0.444 e. The van der Waals surface area contributed by atoms with E-state index in [-0.39, 0.29) is 6.04 Å². The lowest BCUT2D eigenvalue weighted by Crippen LogP contribution is -2.28. The zero-order valence-corrected chi connectivity index (χ0v) is 12.0. The quantitative estimate of drug-likeness (QED) is 0.931. The van der Waals surface area contributed by atoms with E-state index in [1.54, 1.807) is 6.26 Å². The number of likely N-dealkylation sites (tertiary alicyclic amines) is 1. The average molecular weight is 271 g/mol. The molecule has 2 atom stereocenters. The van der Waals surface area contributed by atoms with Crippen LogP contribution in [0.15, 0.2) is 34.9 Å². The Balaban J connectivity index is 1.69. The normalized spacial score (nSPS) is 23.4. The van der Waals surface area contributed by atoms with Crippen molar-refractivity contribution in [3.05, 3.63) is 41.8 Å². The zero-order chi connectivity index (χ0) is 14.1. The molecular formula is C16H21N3O. The standard InChI is InChI=1S/C16H21N3O/c1-11-3-5-13(6-4-11)16-18-14(10-20-16)8-19-7-12(2)15(17)9-19/h3-6,10,12,15H,7-9,17H2,1-2H3. The molecular weight excluding hydrogens is 250 g/mol. The van der Waals surface area contributed by atoms with Gasteiger partial charge in [-0.3, -0.25) is 4.90 Å². The van der Waals surface area contributed by atoms with Gasteiger partial charge in [0.25, 0.3) is 0 Å². The van der Waals surface area contributed by atoms with Gasteiger partial charge in [0.15, 0.2) is 0 Å². The third-order valence-electron chi connectivity index (χ3n) is 3.98. The van der Waals surface area contributed by atoms with E-state index in [9.17, 15) is 0 Å². The second kappa shape index (κ2) is 5.38. The van der Waals surface area contributed by atoms with Gasteiger partial charge in [-0.2, -0.15) is 0 Å². The largest absolute Gasteiger partial charge is 0.444 e. The fraction of sp³-hybridized carbons (Fsp3) is 0.438. The summed E-state index contributed by atoms with van der Waals surface area (Å²) in [5.74, 6) is 1.25. The van der Waals surface area contributed by atoms with Crippen LogP contribution in [0, 0.1) is 12.8 Å². The molecule has 0 bridgehead atoms. The molecule has 3 rings (SSSR count). The second-order valence-corrected chi connectivity index (χ2v) is 5.85. The van der Waals surface area contributed by atoms with Crippen LogP contribution in [0.3, 0.4) is 0 Å². The number of aromatic nitrogens is 1. The van der Waals surface area contributed by atoms with Gasteiger partial charge in [0.2, 0.25) is 5.89 Å². The molecule has 1 aliphatic rings. The first kappa shape index (κ1) is 13.3. The van der Waals surface area contributed by atoms with Gasteiger partial charge in [-0.25, -0.2) is 4.98 Å². The Morgan fingerprint density at radius 2 is 2.05 bits per heavy atom. The van der Waals surface area contributed by atoms with Crippen LogP contribution in [0.25, 0.3) is 11.5 Å². The molecule has 1 fully saturated rings. The summed E-state index contributed by atoms with van der Waals surface area (Å²) >= 11 is 0. The summed E-state index contributed by atoms with van der Waals surface area (Å²) in [5.41, 5.74) is 9.28. The van der Waals surface area contributed by atoms with E-state index in [0.717, 1.165) is 30.9 Å². The first-order chi connectivity index (χ1) is 9.61. The molecule has 0 radical (unpaired) electrons. The van der Waals surface area contributed by atoms with Crippen molar-refractivity contribution in [1.82, 2.24) is 9.88 Å². The third kappa shape index (κ3) is 2.76. The van der Waals surface area contributed by atoms with Crippen molar-refractivity contribution < 1.29 is 4.42 Å². The monoisotopic (exact) mass is 271 g/mol. The Kier molecular flexibility index (Phi) is 3.59. The highest BCUT2D eigenvalue weighted by Gasteiger charge is 2.26. The van der Waals surface area contributed by atoms with Crippen LogP contribution in [0.1, 0.15) is 18.2 Å². The molecule has 2 heterocycles. The number of rotatable bonds is 3. The number of benzene rings is 1. The van der Waals surface area contributed by atoms with E-state index >= 15 is 0 Å². The number of nitrogens with two attached hydrogens (primary N) is 1. The molecule has 2 aromatic rings. The van der Waals surface area contributed by atoms with Crippen molar-refractivity contribution in [2.45, 2.75) is 26.4 Å². The lowest BCUT2D eigenvalue weighted by Gasteiger charge is -2.12. The molecule has 4 heteroatoms. The van der Waals surface area contributed by atoms with Crippen LogP contribution in [-0.2, 0) is 6.54 Å². The molecule has 2 unspecified atom stereocenters. The minimum absolute atomic E-state index is 0.276. The average Bonchev–Trinajstić information content (AvgIpc) is 2.99. The topological polar surface area (TPSA) is 55.3 Å². The van der Waals surface area contributed by atoms with Crippen molar-refractivity contribution >= 4 is 0 Å². The van der Waals surface area contributed by atoms with Gasteiger partial charge in [-0.1, -0.05) is 24.6 Å². The van der Waals surface area contributed by atoms with E-state index in [4.69, 9.17) is 10.2 Å². The molecule has 1 aromatic heterocycles. The van der Waals surface area contributed by atoms with Gasteiger partial charge >= 0.3 is 0 Å². The predicted molar refractivity (Wildman–Crippen MR) is 79.1 cm³/mol. The third-order valence-corrected chi connectivity index (χ3v) is 3.98. The first-order valence-electron chi connectivity index (χ1n) is 7.11. The smallest absolute Gasteiger partial charge is 0.226 e. The maximum absolute atomic E-state index is 6.05. The highest BCUT2D eigenvalue weighted by molar-refractivity contribution is 5.53. The summed E-state index contributed by atoms with van der Waals surface area (Å²) in [6.45, 7) is 7.06. The van der Waals surface area contributed by atoms with E-state index in [2.05, 4.69) is 35.9 Å². The lowest BCUT2D eigenvalue weighted by atomic mass is 10.1. The summed E-state index contributed by atoms with van der Waals surface area (Å²) in [7, 11) is 0. The molecule has 1 aliphatic heterocycles. The van der Waals surface area contributed by atoms with Crippen LogP contribution in [0.4, 0.5) is 0 Å². The Bertz CT molecular complexity index is 566. The minimum atomic E-state index is 0.276. The molecule has 0 spiro atoms. The van der Waals surface area contributed by atoms with Gasteiger partial charge in [0.05, 0.1) is 5.69 Å². The number of nitrogens with zero attached hydrogens (tertiary/aromatic N) is 2. The number of aryl methyl sites for hydroxylation is 1. The molecule has 0 aliphatic carbocycles. The molecule has 1 saturated heterocycles. The molecule has 106 valence electrons. The summed E-state index contributed by atoms with van der Waals surface area (Å²) in [6.07, 6.45) is 1.75. The van der Waals surface area contributed by atoms with Crippen molar-refractivity contribution in [3.63, 3.8) is 0 Å². The summed E-state index contributed by atoms with van der Waals surface area (Å²) in [5, 5.41) is 0. The Morgan fingerprint density at radius 3 is 2.70 bits per heavy atom. The van der Waals surface area contributed by atoms with Gasteiger partial charge < -0.3 is 10.2 Å². The van der Waals surface area contributed by atoms with Crippen LogP contribution in [-0.4, -0.2) is 29.0 Å². The maximum Gasteiger partial charge on any atom is 0.226 e. The Morgan fingerprint density at radius 1 is 1.30 bits per heavy atom. The van der Waals surface area contributed by atoms with Crippen LogP contribution in [0.2, 0.25) is 0 Å². The highest BCUT2D eigenvalue weighted by Crippen LogP contribution is 2.21. The molecule has 0 amide bonds. The predicted octanol–water partition coefficient (Wildman–Crippen LogP) is 2.43. The Labute approximate surface area is 119 Å². The summed E-state index contributed by atoms with van der Waals surface area (Å²) in [4.78, 5) is 6.91. The lowest BCUT2D eigenvalue weighted by molar-refractivity contribution is 0.314. The molecule has 0 saturated carbocycles. The first-order valence-corrected chi connectivity index (χ1v) is 7.11. The van der Waals surface area contributed by atoms with E-state index in [0.29, 0.717) is 11.8 Å². The maximum atomic E-state index is 6.05. The van der Waals surface area contributed by atoms with Gasteiger partial charge in [-0.15, -0.1) is 0 Å².